The number of hydrogen-bond donors (Lipinski definition) is 1. The molecule has 1 N–H and O–H groups in total. The Morgan fingerprint density at radius 1 is 1.10 bits per heavy atom. The van der Waals surface area contributed by atoms with E-state index < -0.39 is 0 Å². The van der Waals surface area contributed by atoms with Crippen LogP contribution in [0.1, 0.15) is 36.3 Å². The summed E-state index contributed by atoms with van der Waals surface area (Å²) in [6, 6.07) is 11.1. The van der Waals surface area contributed by atoms with Crippen LogP contribution in [0.3, 0.4) is 0 Å². The molecule has 1 aromatic heterocycles. The maximum Gasteiger partial charge on any atom is 0.122 e. The van der Waals surface area contributed by atoms with Gasteiger partial charge in [-0.1, -0.05) is 38.1 Å². The Morgan fingerprint density at radius 2 is 1.86 bits per heavy atom. The van der Waals surface area contributed by atoms with Gasteiger partial charge in [0.2, 0.25) is 0 Å². The van der Waals surface area contributed by atoms with Crippen LogP contribution in [-0.2, 0) is 19.6 Å². The van der Waals surface area contributed by atoms with Gasteiger partial charge >= 0.3 is 0 Å². The van der Waals surface area contributed by atoms with E-state index in [-0.39, 0.29) is 0 Å². The molecule has 114 valence electrons. The molecule has 1 aromatic carbocycles. The number of nitrogens with one attached hydrogen (secondary N) is 1. The summed E-state index contributed by atoms with van der Waals surface area (Å²) >= 11 is 0. The first-order chi connectivity index (χ1) is 10.1. The molecule has 1 heterocycles. The normalized spacial score (nSPS) is 11.5. The highest BCUT2D eigenvalue weighted by atomic mass is 16.3. The molecule has 0 atom stereocenters. The maximum atomic E-state index is 5.65. The van der Waals surface area contributed by atoms with E-state index >= 15 is 0 Å². The molecule has 0 radical (unpaired) electrons. The van der Waals surface area contributed by atoms with Crippen molar-refractivity contribution >= 4 is 0 Å². The molecule has 0 aliphatic rings. The summed E-state index contributed by atoms with van der Waals surface area (Å²) in [5, 5.41) is 3.44. The Bertz CT molecular complexity index is 560. The number of aryl methyl sites for hydroxylation is 1. The minimum atomic E-state index is 0.484. The number of rotatable bonds is 7. The van der Waals surface area contributed by atoms with Crippen LogP contribution in [0.15, 0.2) is 41.0 Å². The summed E-state index contributed by atoms with van der Waals surface area (Å²) in [6.07, 6.45) is 1.79. The standard InChI is InChI=1S/C18H26N2O/c1-14(2)19-11-16-9-10-21-18(16)13-20(4)12-17-8-6-5-7-15(17)3/h5-10,14,19H,11-13H2,1-4H3. The van der Waals surface area contributed by atoms with Crippen molar-refractivity contribution in [2.24, 2.45) is 0 Å². The fraction of sp³-hybridized carbons (Fsp3) is 0.444. The molecule has 0 aliphatic carbocycles. The fourth-order valence-corrected chi connectivity index (χ4v) is 2.36. The highest BCUT2D eigenvalue weighted by molar-refractivity contribution is 5.25. The SMILES string of the molecule is Cc1ccccc1CN(C)Cc1occc1CNC(C)C. The predicted molar refractivity (Wildman–Crippen MR) is 87.0 cm³/mol. The molecule has 3 heteroatoms. The predicted octanol–water partition coefficient (Wildman–Crippen LogP) is 3.72. The third-order valence-corrected chi connectivity index (χ3v) is 3.65. The second-order valence-electron chi connectivity index (χ2n) is 6.00. The van der Waals surface area contributed by atoms with E-state index in [4.69, 9.17) is 4.42 Å². The third kappa shape index (κ3) is 4.73. The Labute approximate surface area is 128 Å². The average Bonchev–Trinajstić information content (AvgIpc) is 2.86. The Kier molecular flexibility index (Phi) is 5.59. The van der Waals surface area contributed by atoms with Crippen LogP contribution < -0.4 is 5.32 Å². The van der Waals surface area contributed by atoms with Crippen molar-refractivity contribution in [3.05, 3.63) is 59.0 Å². The maximum absolute atomic E-state index is 5.65. The van der Waals surface area contributed by atoms with Crippen LogP contribution in [0.4, 0.5) is 0 Å². The van der Waals surface area contributed by atoms with Crippen LogP contribution in [0.5, 0.6) is 0 Å². The zero-order valence-electron chi connectivity index (χ0n) is 13.5. The highest BCUT2D eigenvalue weighted by Crippen LogP contribution is 2.16. The van der Waals surface area contributed by atoms with E-state index in [0.717, 1.165) is 25.4 Å². The van der Waals surface area contributed by atoms with Crippen LogP contribution in [-0.4, -0.2) is 18.0 Å². The summed E-state index contributed by atoms with van der Waals surface area (Å²) in [4.78, 5) is 2.29. The number of furan rings is 1. The Hall–Kier alpha value is -1.58. The first-order valence-corrected chi connectivity index (χ1v) is 7.58. The zero-order chi connectivity index (χ0) is 15.2. The lowest BCUT2D eigenvalue weighted by Crippen LogP contribution is -2.23. The van der Waals surface area contributed by atoms with E-state index in [1.165, 1.54) is 16.7 Å². The van der Waals surface area contributed by atoms with Crippen molar-refractivity contribution in [1.29, 1.82) is 0 Å². The van der Waals surface area contributed by atoms with Crippen LogP contribution in [0.25, 0.3) is 0 Å². The van der Waals surface area contributed by atoms with Crippen molar-refractivity contribution in [3.8, 4) is 0 Å². The highest BCUT2D eigenvalue weighted by Gasteiger charge is 2.10. The fourth-order valence-electron chi connectivity index (χ4n) is 2.36. The van der Waals surface area contributed by atoms with Gasteiger partial charge in [-0.25, -0.2) is 0 Å². The van der Waals surface area contributed by atoms with E-state index in [0.29, 0.717) is 6.04 Å². The van der Waals surface area contributed by atoms with E-state index in [2.05, 4.69) is 68.4 Å². The molecule has 2 aromatic rings. The molecule has 0 unspecified atom stereocenters. The van der Waals surface area contributed by atoms with Crippen molar-refractivity contribution < 1.29 is 4.42 Å². The van der Waals surface area contributed by atoms with Crippen LogP contribution in [0, 0.1) is 6.92 Å². The van der Waals surface area contributed by atoms with Gasteiger partial charge in [-0.05, 0) is 31.2 Å². The molecule has 21 heavy (non-hydrogen) atoms. The molecular formula is C18H26N2O. The quantitative estimate of drug-likeness (QED) is 0.841. The van der Waals surface area contributed by atoms with E-state index in [1.54, 1.807) is 6.26 Å². The van der Waals surface area contributed by atoms with Crippen LogP contribution >= 0.6 is 0 Å². The molecule has 0 bridgehead atoms. The molecule has 0 amide bonds. The van der Waals surface area contributed by atoms with Gasteiger partial charge in [0.05, 0.1) is 12.8 Å². The van der Waals surface area contributed by atoms with E-state index in [9.17, 15) is 0 Å². The lowest BCUT2D eigenvalue weighted by molar-refractivity contribution is 0.285. The van der Waals surface area contributed by atoms with Crippen molar-refractivity contribution in [3.63, 3.8) is 0 Å². The zero-order valence-corrected chi connectivity index (χ0v) is 13.5. The smallest absolute Gasteiger partial charge is 0.122 e. The summed E-state index contributed by atoms with van der Waals surface area (Å²) < 4.78 is 5.65. The molecule has 0 fully saturated rings. The number of hydrogen-bond acceptors (Lipinski definition) is 3. The van der Waals surface area contributed by atoms with Gasteiger partial charge in [-0.15, -0.1) is 0 Å². The Morgan fingerprint density at radius 3 is 2.57 bits per heavy atom. The van der Waals surface area contributed by atoms with Crippen molar-refractivity contribution in [2.75, 3.05) is 7.05 Å². The van der Waals surface area contributed by atoms with Gasteiger partial charge in [0.15, 0.2) is 0 Å². The summed E-state index contributed by atoms with van der Waals surface area (Å²) in [5.74, 6) is 1.05. The van der Waals surface area contributed by atoms with Gasteiger partial charge in [-0.2, -0.15) is 0 Å². The van der Waals surface area contributed by atoms with Crippen molar-refractivity contribution in [2.45, 2.75) is 46.4 Å². The largest absolute Gasteiger partial charge is 0.468 e. The van der Waals surface area contributed by atoms with Gasteiger partial charge in [0, 0.05) is 24.7 Å². The van der Waals surface area contributed by atoms with Gasteiger partial charge < -0.3 is 9.73 Å². The minimum Gasteiger partial charge on any atom is -0.468 e. The van der Waals surface area contributed by atoms with Crippen LogP contribution in [0.2, 0.25) is 0 Å². The van der Waals surface area contributed by atoms with Gasteiger partial charge in [0.1, 0.15) is 5.76 Å². The molecular weight excluding hydrogens is 260 g/mol. The molecule has 0 saturated carbocycles. The summed E-state index contributed by atoms with van der Waals surface area (Å²) in [5.41, 5.74) is 3.96. The molecule has 3 nitrogen and oxygen atoms in total. The first kappa shape index (κ1) is 15.8. The topological polar surface area (TPSA) is 28.4 Å². The van der Waals surface area contributed by atoms with Gasteiger partial charge in [-0.3, -0.25) is 4.90 Å². The monoisotopic (exact) mass is 286 g/mol. The molecule has 0 saturated heterocycles. The molecule has 0 aliphatic heterocycles. The third-order valence-electron chi connectivity index (χ3n) is 3.65. The molecule has 0 spiro atoms. The second kappa shape index (κ2) is 7.43. The van der Waals surface area contributed by atoms with Crippen molar-refractivity contribution in [1.82, 2.24) is 10.2 Å². The Balaban J connectivity index is 1.95. The molecule has 2 rings (SSSR count). The minimum absolute atomic E-state index is 0.484. The lowest BCUT2D eigenvalue weighted by Gasteiger charge is -2.18. The summed E-state index contributed by atoms with van der Waals surface area (Å²) in [6.45, 7) is 9.10. The summed E-state index contributed by atoms with van der Waals surface area (Å²) in [7, 11) is 2.13. The second-order valence-corrected chi connectivity index (χ2v) is 6.00. The van der Waals surface area contributed by atoms with E-state index in [1.807, 2.05) is 0 Å². The first-order valence-electron chi connectivity index (χ1n) is 7.58. The lowest BCUT2D eigenvalue weighted by atomic mass is 10.1. The van der Waals surface area contributed by atoms with Gasteiger partial charge in [0.25, 0.3) is 0 Å². The number of benzene rings is 1. The number of nitrogens with zero attached hydrogens (tertiary/aromatic N) is 1. The average molecular weight is 286 g/mol.